The Labute approximate surface area is 123 Å². The molecule has 0 amide bonds. The number of hydrogen-bond donors (Lipinski definition) is 0. The van der Waals surface area contributed by atoms with Gasteiger partial charge in [0.05, 0.1) is 11.3 Å². The minimum Gasteiger partial charge on any atom is -0.371 e. The molecule has 0 fully saturated rings. The quantitative estimate of drug-likeness (QED) is 0.727. The van der Waals surface area contributed by atoms with E-state index in [0.29, 0.717) is 0 Å². The summed E-state index contributed by atoms with van der Waals surface area (Å²) in [7, 11) is 0. The SMILES string of the molecule is CCN(CC)CCCN(CC)c1cc(C)ccc1C#N. The van der Waals surface area contributed by atoms with Crippen LogP contribution in [0.2, 0.25) is 0 Å². The Morgan fingerprint density at radius 3 is 2.30 bits per heavy atom. The zero-order chi connectivity index (χ0) is 15.0. The summed E-state index contributed by atoms with van der Waals surface area (Å²) in [6.07, 6.45) is 1.13. The fourth-order valence-corrected chi connectivity index (χ4v) is 2.47. The van der Waals surface area contributed by atoms with Gasteiger partial charge in [-0.15, -0.1) is 0 Å². The fourth-order valence-electron chi connectivity index (χ4n) is 2.47. The molecule has 1 rings (SSSR count). The molecule has 0 unspecified atom stereocenters. The van der Waals surface area contributed by atoms with E-state index in [-0.39, 0.29) is 0 Å². The van der Waals surface area contributed by atoms with Crippen molar-refractivity contribution < 1.29 is 0 Å². The van der Waals surface area contributed by atoms with Crippen LogP contribution in [0.5, 0.6) is 0 Å². The van der Waals surface area contributed by atoms with Crippen LogP contribution in [0.4, 0.5) is 5.69 Å². The Kier molecular flexibility index (Phi) is 7.11. The molecule has 0 aliphatic carbocycles. The molecule has 0 saturated carbocycles. The van der Waals surface area contributed by atoms with E-state index >= 15 is 0 Å². The molecule has 0 saturated heterocycles. The summed E-state index contributed by atoms with van der Waals surface area (Å²) in [6.45, 7) is 13.9. The maximum Gasteiger partial charge on any atom is 0.101 e. The summed E-state index contributed by atoms with van der Waals surface area (Å²) < 4.78 is 0. The van der Waals surface area contributed by atoms with Crippen molar-refractivity contribution in [1.29, 1.82) is 5.26 Å². The first-order valence-electron chi connectivity index (χ1n) is 7.64. The third kappa shape index (κ3) is 4.54. The average molecular weight is 273 g/mol. The van der Waals surface area contributed by atoms with Crippen LogP contribution in [-0.4, -0.2) is 37.6 Å². The molecule has 3 heteroatoms. The summed E-state index contributed by atoms with van der Waals surface area (Å²) in [4.78, 5) is 4.75. The van der Waals surface area contributed by atoms with E-state index in [2.05, 4.69) is 49.6 Å². The lowest BCUT2D eigenvalue weighted by atomic mass is 10.1. The normalized spacial score (nSPS) is 10.6. The molecule has 0 bridgehead atoms. The number of nitrogens with zero attached hydrogens (tertiary/aromatic N) is 3. The Bertz CT molecular complexity index is 444. The van der Waals surface area contributed by atoms with Crippen molar-refractivity contribution in [2.24, 2.45) is 0 Å². The predicted octanol–water partition coefficient (Wildman–Crippen LogP) is 3.42. The number of hydrogen-bond acceptors (Lipinski definition) is 3. The summed E-state index contributed by atoms with van der Waals surface area (Å²) in [5, 5.41) is 9.26. The first-order chi connectivity index (χ1) is 9.65. The lowest BCUT2D eigenvalue weighted by Gasteiger charge is -2.26. The number of nitriles is 1. The van der Waals surface area contributed by atoms with Gasteiger partial charge in [-0.2, -0.15) is 5.26 Å². The predicted molar refractivity (Wildman–Crippen MR) is 86.2 cm³/mol. The Morgan fingerprint density at radius 1 is 1.05 bits per heavy atom. The summed E-state index contributed by atoms with van der Waals surface area (Å²) >= 11 is 0. The second-order valence-corrected chi connectivity index (χ2v) is 5.09. The van der Waals surface area contributed by atoms with Gasteiger partial charge >= 0.3 is 0 Å². The first-order valence-corrected chi connectivity index (χ1v) is 7.64. The van der Waals surface area contributed by atoms with Crippen molar-refractivity contribution in [3.8, 4) is 6.07 Å². The van der Waals surface area contributed by atoms with Crippen molar-refractivity contribution >= 4 is 5.69 Å². The van der Waals surface area contributed by atoms with Crippen LogP contribution in [0, 0.1) is 18.3 Å². The van der Waals surface area contributed by atoms with Gasteiger partial charge in [0, 0.05) is 13.1 Å². The van der Waals surface area contributed by atoms with Crippen LogP contribution in [0.3, 0.4) is 0 Å². The Balaban J connectivity index is 2.71. The van der Waals surface area contributed by atoms with Crippen molar-refractivity contribution in [2.75, 3.05) is 37.6 Å². The standard InChI is InChI=1S/C17H27N3/c1-5-19(6-2)11-8-12-20(7-3)17-13-15(4)9-10-16(17)14-18/h9-10,13H,5-8,11-12H2,1-4H3. The fraction of sp³-hybridized carbons (Fsp3) is 0.588. The highest BCUT2D eigenvalue weighted by molar-refractivity contribution is 5.60. The van der Waals surface area contributed by atoms with E-state index in [0.717, 1.165) is 50.4 Å². The van der Waals surface area contributed by atoms with Crippen molar-refractivity contribution in [3.05, 3.63) is 29.3 Å². The minimum absolute atomic E-state index is 0.778. The Morgan fingerprint density at radius 2 is 1.75 bits per heavy atom. The lowest BCUT2D eigenvalue weighted by molar-refractivity contribution is 0.301. The molecule has 0 aromatic heterocycles. The minimum atomic E-state index is 0.778. The number of anilines is 1. The van der Waals surface area contributed by atoms with Crippen LogP contribution >= 0.6 is 0 Å². The summed E-state index contributed by atoms with van der Waals surface area (Å²) in [5.41, 5.74) is 3.07. The van der Waals surface area contributed by atoms with Crippen LogP contribution in [0.25, 0.3) is 0 Å². The smallest absolute Gasteiger partial charge is 0.101 e. The topological polar surface area (TPSA) is 30.3 Å². The first kappa shape index (κ1) is 16.5. The maximum atomic E-state index is 9.26. The van der Waals surface area contributed by atoms with Gasteiger partial charge < -0.3 is 9.80 Å². The molecule has 0 atom stereocenters. The second-order valence-electron chi connectivity index (χ2n) is 5.09. The molecule has 0 N–H and O–H groups in total. The molecular weight excluding hydrogens is 246 g/mol. The molecule has 0 heterocycles. The van der Waals surface area contributed by atoms with E-state index in [1.165, 1.54) is 5.56 Å². The molecule has 110 valence electrons. The molecule has 3 nitrogen and oxygen atoms in total. The number of aryl methyl sites for hydroxylation is 1. The molecule has 0 aliphatic rings. The van der Waals surface area contributed by atoms with Gasteiger partial charge in [0.2, 0.25) is 0 Å². The third-order valence-electron chi connectivity index (χ3n) is 3.79. The van der Waals surface area contributed by atoms with E-state index in [9.17, 15) is 5.26 Å². The van der Waals surface area contributed by atoms with Gasteiger partial charge in [-0.1, -0.05) is 19.9 Å². The largest absolute Gasteiger partial charge is 0.371 e. The second kappa shape index (κ2) is 8.60. The van der Waals surface area contributed by atoms with Gasteiger partial charge in [-0.3, -0.25) is 0 Å². The number of benzene rings is 1. The highest BCUT2D eigenvalue weighted by Gasteiger charge is 2.10. The summed E-state index contributed by atoms with van der Waals surface area (Å²) in [6, 6.07) is 8.37. The zero-order valence-electron chi connectivity index (χ0n) is 13.3. The van der Waals surface area contributed by atoms with E-state index in [1.54, 1.807) is 0 Å². The highest BCUT2D eigenvalue weighted by Crippen LogP contribution is 2.21. The van der Waals surface area contributed by atoms with E-state index < -0.39 is 0 Å². The Hall–Kier alpha value is -1.53. The third-order valence-corrected chi connectivity index (χ3v) is 3.79. The van der Waals surface area contributed by atoms with E-state index in [4.69, 9.17) is 0 Å². The molecule has 1 aromatic rings. The van der Waals surface area contributed by atoms with Crippen LogP contribution in [-0.2, 0) is 0 Å². The molecule has 0 spiro atoms. The van der Waals surface area contributed by atoms with Gasteiger partial charge in [-0.25, -0.2) is 0 Å². The van der Waals surface area contributed by atoms with Crippen molar-refractivity contribution in [3.63, 3.8) is 0 Å². The molecular formula is C17H27N3. The monoisotopic (exact) mass is 273 g/mol. The van der Waals surface area contributed by atoms with Gasteiger partial charge in [0.25, 0.3) is 0 Å². The molecule has 20 heavy (non-hydrogen) atoms. The van der Waals surface area contributed by atoms with E-state index in [1.807, 2.05) is 12.1 Å². The van der Waals surface area contributed by atoms with Crippen molar-refractivity contribution in [1.82, 2.24) is 4.90 Å². The lowest BCUT2D eigenvalue weighted by Crippen LogP contribution is -2.30. The summed E-state index contributed by atoms with van der Waals surface area (Å²) in [5.74, 6) is 0. The van der Waals surface area contributed by atoms with Crippen LogP contribution < -0.4 is 4.90 Å². The maximum absolute atomic E-state index is 9.26. The van der Waals surface area contributed by atoms with Crippen molar-refractivity contribution in [2.45, 2.75) is 34.1 Å². The van der Waals surface area contributed by atoms with Crippen LogP contribution in [0.1, 0.15) is 38.3 Å². The van der Waals surface area contributed by atoms with Gasteiger partial charge in [0.1, 0.15) is 6.07 Å². The zero-order valence-corrected chi connectivity index (χ0v) is 13.3. The highest BCUT2D eigenvalue weighted by atomic mass is 15.1. The molecule has 0 aliphatic heterocycles. The van der Waals surface area contributed by atoms with Gasteiger partial charge in [0.15, 0.2) is 0 Å². The molecule has 0 radical (unpaired) electrons. The van der Waals surface area contributed by atoms with Gasteiger partial charge in [-0.05, 0) is 57.6 Å². The van der Waals surface area contributed by atoms with Crippen LogP contribution in [0.15, 0.2) is 18.2 Å². The average Bonchev–Trinajstić information content (AvgIpc) is 2.47. The number of rotatable bonds is 8. The molecule has 1 aromatic carbocycles.